The Balaban J connectivity index is 2.13. The van der Waals surface area contributed by atoms with Gasteiger partial charge in [0, 0.05) is 30.9 Å². The van der Waals surface area contributed by atoms with E-state index in [2.05, 4.69) is 11.9 Å². The molecule has 0 unspecified atom stereocenters. The van der Waals surface area contributed by atoms with Crippen molar-refractivity contribution in [2.24, 2.45) is 11.7 Å². The average Bonchev–Trinajstić information content (AvgIpc) is 2.39. The maximum absolute atomic E-state index is 13.9. The van der Waals surface area contributed by atoms with Gasteiger partial charge in [-0.25, -0.2) is 4.39 Å². The first-order valence-electron chi connectivity index (χ1n) is 7.34. The number of nitrogens with zero attached hydrogens (tertiary/aromatic N) is 1. The first kappa shape index (κ1) is 14.3. The third kappa shape index (κ3) is 3.47. The van der Waals surface area contributed by atoms with Crippen molar-refractivity contribution in [1.82, 2.24) is 0 Å². The molecule has 106 valence electrons. The zero-order valence-corrected chi connectivity index (χ0v) is 12.0. The highest BCUT2D eigenvalue weighted by molar-refractivity contribution is 5.55. The van der Waals surface area contributed by atoms with E-state index in [-0.39, 0.29) is 11.9 Å². The van der Waals surface area contributed by atoms with Crippen molar-refractivity contribution < 1.29 is 4.39 Å². The van der Waals surface area contributed by atoms with Gasteiger partial charge >= 0.3 is 0 Å². The topological polar surface area (TPSA) is 29.3 Å². The van der Waals surface area contributed by atoms with Crippen LogP contribution in [0.5, 0.6) is 0 Å². The van der Waals surface area contributed by atoms with E-state index >= 15 is 0 Å². The monoisotopic (exact) mass is 264 g/mol. The highest BCUT2D eigenvalue weighted by Gasteiger charge is 2.19. The maximum atomic E-state index is 13.9. The summed E-state index contributed by atoms with van der Waals surface area (Å²) in [6.07, 6.45) is 6.63. The molecule has 0 amide bonds. The first-order valence-corrected chi connectivity index (χ1v) is 7.34. The average molecular weight is 264 g/mol. The Morgan fingerprint density at radius 1 is 1.32 bits per heavy atom. The molecule has 1 saturated carbocycles. The van der Waals surface area contributed by atoms with Gasteiger partial charge in [0.1, 0.15) is 5.82 Å². The Kier molecular flexibility index (Phi) is 4.81. The lowest BCUT2D eigenvalue weighted by atomic mass is 9.89. The maximum Gasteiger partial charge on any atom is 0.130 e. The summed E-state index contributed by atoms with van der Waals surface area (Å²) in [5.74, 6) is 0.547. The largest absolute Gasteiger partial charge is 0.374 e. The molecule has 0 spiro atoms. The van der Waals surface area contributed by atoms with Gasteiger partial charge in [0.2, 0.25) is 0 Å². The molecule has 2 rings (SSSR count). The summed E-state index contributed by atoms with van der Waals surface area (Å²) in [7, 11) is 2.05. The molecule has 1 aliphatic carbocycles. The molecule has 0 heterocycles. The zero-order valence-electron chi connectivity index (χ0n) is 12.0. The fraction of sp³-hybridized carbons (Fsp3) is 0.625. The lowest BCUT2D eigenvalue weighted by Crippen LogP contribution is -2.28. The van der Waals surface area contributed by atoms with Gasteiger partial charge in [-0.2, -0.15) is 0 Å². The molecule has 19 heavy (non-hydrogen) atoms. The van der Waals surface area contributed by atoms with E-state index in [0.29, 0.717) is 5.56 Å². The van der Waals surface area contributed by atoms with Crippen LogP contribution in [0.25, 0.3) is 0 Å². The van der Waals surface area contributed by atoms with E-state index < -0.39 is 0 Å². The van der Waals surface area contributed by atoms with Crippen LogP contribution in [0.4, 0.5) is 10.1 Å². The molecule has 1 aromatic rings. The van der Waals surface area contributed by atoms with Crippen molar-refractivity contribution in [3.05, 3.63) is 29.6 Å². The van der Waals surface area contributed by atoms with Crippen LogP contribution in [0, 0.1) is 11.7 Å². The van der Waals surface area contributed by atoms with Crippen LogP contribution in [0.2, 0.25) is 0 Å². The number of anilines is 1. The van der Waals surface area contributed by atoms with Crippen molar-refractivity contribution in [2.45, 2.75) is 45.1 Å². The molecular formula is C16H25FN2. The summed E-state index contributed by atoms with van der Waals surface area (Å²) in [6.45, 7) is 2.85. The third-order valence-electron chi connectivity index (χ3n) is 4.15. The SMILES string of the molecule is C[C@H](N)c1c(F)cccc1N(C)CC1CCCCC1. The predicted molar refractivity (Wildman–Crippen MR) is 78.8 cm³/mol. The van der Waals surface area contributed by atoms with Crippen molar-refractivity contribution >= 4 is 5.69 Å². The predicted octanol–water partition coefficient (Wildman–Crippen LogP) is 3.86. The minimum Gasteiger partial charge on any atom is -0.374 e. The fourth-order valence-electron chi connectivity index (χ4n) is 3.16. The quantitative estimate of drug-likeness (QED) is 0.894. The van der Waals surface area contributed by atoms with Crippen molar-refractivity contribution in [2.75, 3.05) is 18.5 Å². The second kappa shape index (κ2) is 6.38. The summed E-state index contributed by atoms with van der Waals surface area (Å²) in [5.41, 5.74) is 7.50. The number of hydrogen-bond donors (Lipinski definition) is 1. The summed E-state index contributed by atoms with van der Waals surface area (Å²) in [5, 5.41) is 0. The lowest BCUT2D eigenvalue weighted by molar-refractivity contribution is 0.362. The molecule has 2 nitrogen and oxygen atoms in total. The van der Waals surface area contributed by atoms with Gasteiger partial charge in [0.15, 0.2) is 0 Å². The second-order valence-corrected chi connectivity index (χ2v) is 5.85. The van der Waals surface area contributed by atoms with Gasteiger partial charge in [-0.15, -0.1) is 0 Å². The first-order chi connectivity index (χ1) is 9.09. The van der Waals surface area contributed by atoms with Crippen molar-refractivity contribution in [3.8, 4) is 0 Å². The number of benzene rings is 1. The van der Waals surface area contributed by atoms with Gasteiger partial charge in [0.05, 0.1) is 0 Å². The van der Waals surface area contributed by atoms with Gasteiger partial charge < -0.3 is 10.6 Å². The molecule has 1 aliphatic rings. The summed E-state index contributed by atoms with van der Waals surface area (Å²) in [6, 6.07) is 4.97. The van der Waals surface area contributed by atoms with Crippen LogP contribution in [0.3, 0.4) is 0 Å². The van der Waals surface area contributed by atoms with Crippen LogP contribution in [-0.2, 0) is 0 Å². The molecule has 0 aromatic heterocycles. The minimum atomic E-state index is -0.273. The van der Waals surface area contributed by atoms with Gasteiger partial charge in [-0.05, 0) is 37.8 Å². The van der Waals surface area contributed by atoms with Crippen LogP contribution in [0.15, 0.2) is 18.2 Å². The Morgan fingerprint density at radius 2 is 2.00 bits per heavy atom. The van der Waals surface area contributed by atoms with E-state index in [1.54, 1.807) is 6.07 Å². The molecule has 0 radical (unpaired) electrons. The molecular weight excluding hydrogens is 239 g/mol. The Bertz CT molecular complexity index is 411. The smallest absolute Gasteiger partial charge is 0.130 e. The van der Waals surface area contributed by atoms with Gasteiger partial charge in [-0.3, -0.25) is 0 Å². The molecule has 1 aromatic carbocycles. The molecule has 1 fully saturated rings. The minimum absolute atomic E-state index is 0.192. The van der Waals surface area contributed by atoms with Crippen LogP contribution >= 0.6 is 0 Å². The Labute approximate surface area is 115 Å². The summed E-state index contributed by atoms with van der Waals surface area (Å²) >= 11 is 0. The molecule has 1 atom stereocenters. The van der Waals surface area contributed by atoms with Crippen molar-refractivity contribution in [3.63, 3.8) is 0 Å². The molecule has 2 N–H and O–H groups in total. The van der Waals surface area contributed by atoms with E-state index in [4.69, 9.17) is 5.73 Å². The molecule has 0 bridgehead atoms. The highest BCUT2D eigenvalue weighted by atomic mass is 19.1. The van der Waals surface area contributed by atoms with Gasteiger partial charge in [-0.1, -0.05) is 25.3 Å². The van der Waals surface area contributed by atoms with Crippen LogP contribution in [0.1, 0.15) is 50.6 Å². The zero-order chi connectivity index (χ0) is 13.8. The number of rotatable bonds is 4. The van der Waals surface area contributed by atoms with Crippen molar-refractivity contribution in [1.29, 1.82) is 0 Å². The highest BCUT2D eigenvalue weighted by Crippen LogP contribution is 2.30. The fourth-order valence-corrected chi connectivity index (χ4v) is 3.16. The molecule has 0 saturated heterocycles. The molecule has 0 aliphatic heterocycles. The van der Waals surface area contributed by atoms with Gasteiger partial charge in [0.25, 0.3) is 0 Å². The van der Waals surface area contributed by atoms with Crippen LogP contribution < -0.4 is 10.6 Å². The third-order valence-corrected chi connectivity index (χ3v) is 4.15. The standard InChI is InChI=1S/C16H25FN2/c1-12(18)16-14(17)9-6-10-15(16)19(2)11-13-7-4-3-5-8-13/h6,9-10,12-13H,3-5,7-8,11,18H2,1-2H3/t12-/m0/s1. The van der Waals surface area contributed by atoms with Crippen LogP contribution in [-0.4, -0.2) is 13.6 Å². The van der Waals surface area contributed by atoms with E-state index in [1.807, 2.05) is 13.0 Å². The lowest BCUT2D eigenvalue weighted by Gasteiger charge is -2.30. The van der Waals surface area contributed by atoms with E-state index in [1.165, 1.54) is 38.2 Å². The summed E-state index contributed by atoms with van der Waals surface area (Å²) < 4.78 is 13.9. The van der Waals surface area contributed by atoms with E-state index in [0.717, 1.165) is 18.2 Å². The number of nitrogens with two attached hydrogens (primary N) is 1. The number of hydrogen-bond acceptors (Lipinski definition) is 2. The second-order valence-electron chi connectivity index (χ2n) is 5.85. The number of halogens is 1. The van der Waals surface area contributed by atoms with E-state index in [9.17, 15) is 4.39 Å². The summed E-state index contributed by atoms with van der Waals surface area (Å²) in [4.78, 5) is 2.18. The molecule has 3 heteroatoms. The Morgan fingerprint density at radius 3 is 2.63 bits per heavy atom. The Hall–Kier alpha value is -1.09. The normalized spacial score (nSPS) is 18.3.